The van der Waals surface area contributed by atoms with E-state index in [1.54, 1.807) is 0 Å². The molecule has 0 bridgehead atoms. The summed E-state index contributed by atoms with van der Waals surface area (Å²) in [6.45, 7) is 0. The van der Waals surface area contributed by atoms with Crippen LogP contribution >= 0.6 is 37.7 Å². The second-order valence-electron chi connectivity index (χ2n) is 0.101. The molecule has 0 nitrogen and oxygen atoms in total. The van der Waals surface area contributed by atoms with Crippen molar-refractivity contribution >= 4 is 50.3 Å². The third-order valence-corrected chi connectivity index (χ3v) is 0. The third kappa shape index (κ3) is 22.9. The van der Waals surface area contributed by atoms with E-state index in [1.807, 2.05) is 0 Å². The standard InChI is InChI=1S/CH3F.2HI.Mg/c1-2;;;/h1H3;2*1H;/q;;;+2/p-2. The molecule has 0 amide bonds. The number of hydrogen-bond acceptors (Lipinski definition) is 0. The number of rotatable bonds is 0. The normalized spacial score (nSPS) is 3.20. The highest BCUT2D eigenvalue weighted by atomic mass is 127. The lowest BCUT2D eigenvalue weighted by atomic mass is 11.9. The molecule has 0 aromatic carbocycles. The largest absolute Gasteiger partial charge is 0.552 e. The highest BCUT2D eigenvalue weighted by Gasteiger charge is 1.61. The topological polar surface area (TPSA) is 0 Å². The fourth-order valence-electron chi connectivity index (χ4n) is 0. The molecule has 0 heterocycles. The second-order valence-corrected chi connectivity index (χ2v) is 13.6. The third-order valence-electron chi connectivity index (χ3n) is 0. The molecule has 0 saturated heterocycles. The zero-order chi connectivity index (χ0) is 4.71. The summed E-state index contributed by atoms with van der Waals surface area (Å²) >= 11 is 5.18. The Balaban J connectivity index is 0. The van der Waals surface area contributed by atoms with Gasteiger partial charge < -0.3 is 0 Å². The van der Waals surface area contributed by atoms with Crippen molar-refractivity contribution in [2.75, 3.05) is 7.18 Å². The maximum Gasteiger partial charge on any atom is 0.552 e. The first-order valence-corrected chi connectivity index (χ1v) is 11.1. The quantitative estimate of drug-likeness (QED) is 0.474. The van der Waals surface area contributed by atoms with E-state index in [4.69, 9.17) is 0 Å². The van der Waals surface area contributed by atoms with Crippen LogP contribution in [0, 0.1) is 0 Å². The van der Waals surface area contributed by atoms with Crippen molar-refractivity contribution in [2.24, 2.45) is 0 Å². The van der Waals surface area contributed by atoms with E-state index in [2.05, 4.69) is 37.7 Å². The predicted octanol–water partition coefficient (Wildman–Crippen LogP) is 1.98. The van der Waals surface area contributed by atoms with Gasteiger partial charge in [0.2, 0.25) is 0 Å². The molecule has 30 valence electrons. The zero-order valence-corrected chi connectivity index (χ0v) is 8.57. The van der Waals surface area contributed by atoms with Gasteiger partial charge >= 0.3 is 12.6 Å². The predicted molar refractivity (Wildman–Crippen MR) is 40.8 cm³/mol. The van der Waals surface area contributed by atoms with Gasteiger partial charge in [-0.15, -0.1) is 0 Å². The molecule has 0 radical (unpaired) electrons. The van der Waals surface area contributed by atoms with Crippen LogP contribution in [0.25, 0.3) is 0 Å². The molecule has 0 aliphatic heterocycles. The molecule has 0 unspecified atom stereocenters. The summed E-state index contributed by atoms with van der Waals surface area (Å²) in [4.78, 5) is 0. The van der Waals surface area contributed by atoms with Gasteiger partial charge in [0, 0.05) is 0 Å². The van der Waals surface area contributed by atoms with Gasteiger partial charge in [-0.05, 0) is 0 Å². The minimum atomic E-state index is 0.357. The Kier molecular flexibility index (Phi) is 33.5. The maximum absolute atomic E-state index is 9.50. The molecular formula is CH3FI2Mg. The lowest BCUT2D eigenvalue weighted by Crippen LogP contribution is -1.30. The molecule has 4 heteroatoms. The Morgan fingerprint density at radius 3 is 1.40 bits per heavy atom. The van der Waals surface area contributed by atoms with Gasteiger partial charge in [0.25, 0.3) is 0 Å². The first kappa shape index (κ1) is 10.2. The summed E-state index contributed by atoms with van der Waals surface area (Å²) in [5.41, 5.74) is 0. The van der Waals surface area contributed by atoms with Gasteiger partial charge in [-0.1, -0.05) is 0 Å². The molecule has 0 fully saturated rings. The van der Waals surface area contributed by atoms with Gasteiger partial charge in [0.15, 0.2) is 0 Å². The summed E-state index contributed by atoms with van der Waals surface area (Å²) in [6.07, 6.45) is 0. The van der Waals surface area contributed by atoms with Crippen molar-refractivity contribution in [3.05, 3.63) is 0 Å². The average Bonchev–Trinajstić information content (AvgIpc) is 1.46. The molecule has 0 aromatic heterocycles. The van der Waals surface area contributed by atoms with Crippen LogP contribution in [0.3, 0.4) is 0 Å². The molecule has 0 aliphatic rings. The lowest BCUT2D eigenvalue weighted by molar-refractivity contribution is 0.636. The molecule has 0 spiro atoms. The van der Waals surface area contributed by atoms with Crippen molar-refractivity contribution in [1.82, 2.24) is 0 Å². The fourth-order valence-corrected chi connectivity index (χ4v) is 0. The number of alkyl halides is 1. The highest BCUT2D eigenvalue weighted by Crippen LogP contribution is 1.80. The van der Waals surface area contributed by atoms with Crippen LogP contribution in [0.15, 0.2) is 0 Å². The van der Waals surface area contributed by atoms with Crippen LogP contribution in [0.4, 0.5) is 4.39 Å². The SMILES string of the molecule is CF.[I][Mg][I]. The Morgan fingerprint density at radius 1 is 1.40 bits per heavy atom. The highest BCUT2D eigenvalue weighted by molar-refractivity contribution is 14.3. The average molecular weight is 312 g/mol. The second kappa shape index (κ2) is 16.4. The summed E-state index contributed by atoms with van der Waals surface area (Å²) in [7, 11) is 0.500. The molecule has 5 heavy (non-hydrogen) atoms. The van der Waals surface area contributed by atoms with E-state index in [0.29, 0.717) is 19.8 Å². The van der Waals surface area contributed by atoms with E-state index in [0.717, 1.165) is 0 Å². The van der Waals surface area contributed by atoms with Crippen LogP contribution in [-0.2, 0) is 0 Å². The van der Waals surface area contributed by atoms with E-state index in [1.165, 1.54) is 0 Å². The molecule has 0 rings (SSSR count). The molecule has 0 aromatic rings. The Morgan fingerprint density at radius 2 is 1.40 bits per heavy atom. The fraction of sp³-hybridized carbons (Fsp3) is 1.00. The summed E-state index contributed by atoms with van der Waals surface area (Å²) in [5.74, 6) is 0. The van der Waals surface area contributed by atoms with E-state index < -0.39 is 0 Å². The van der Waals surface area contributed by atoms with Crippen LogP contribution < -0.4 is 0 Å². The number of halogens is 3. The zero-order valence-electron chi connectivity index (χ0n) is 2.84. The van der Waals surface area contributed by atoms with Gasteiger partial charge in [0.05, 0.1) is 7.18 Å². The Hall–Kier alpha value is 2.16. The van der Waals surface area contributed by atoms with E-state index >= 15 is 0 Å². The first-order chi connectivity index (χ1) is 2.41. The Labute approximate surface area is 60.8 Å². The van der Waals surface area contributed by atoms with Crippen LogP contribution in [0.1, 0.15) is 0 Å². The van der Waals surface area contributed by atoms with Crippen molar-refractivity contribution < 1.29 is 4.39 Å². The van der Waals surface area contributed by atoms with Gasteiger partial charge in [0.1, 0.15) is 0 Å². The minimum absolute atomic E-state index is 0.357. The van der Waals surface area contributed by atoms with Crippen LogP contribution in [-0.4, -0.2) is 19.8 Å². The molecule has 0 aliphatic carbocycles. The maximum atomic E-state index is 9.50. The number of hydrogen-bond donors (Lipinski definition) is 0. The van der Waals surface area contributed by atoms with Crippen LogP contribution in [0.2, 0.25) is 0 Å². The first-order valence-electron chi connectivity index (χ1n) is 0.912. The van der Waals surface area contributed by atoms with Crippen molar-refractivity contribution in [3.63, 3.8) is 0 Å². The monoisotopic (exact) mass is 312 g/mol. The van der Waals surface area contributed by atoms with E-state index in [-0.39, 0.29) is 0 Å². The van der Waals surface area contributed by atoms with Crippen molar-refractivity contribution in [1.29, 1.82) is 0 Å². The van der Waals surface area contributed by atoms with Gasteiger partial charge in [-0.25, -0.2) is 0 Å². The van der Waals surface area contributed by atoms with Crippen LogP contribution in [0.5, 0.6) is 0 Å². The van der Waals surface area contributed by atoms with Gasteiger partial charge in [-0.3, -0.25) is 42.1 Å². The molecular weight excluding hydrogens is 309 g/mol. The summed E-state index contributed by atoms with van der Waals surface area (Å²) < 4.78 is 9.50. The Bertz CT molecular complexity index is 9.61. The molecule has 0 N–H and O–H groups in total. The smallest absolute Gasteiger partial charge is 0.276 e. The molecule has 0 saturated carbocycles. The van der Waals surface area contributed by atoms with Gasteiger partial charge in [-0.2, -0.15) is 0 Å². The summed E-state index contributed by atoms with van der Waals surface area (Å²) in [6, 6.07) is 0. The van der Waals surface area contributed by atoms with Crippen molar-refractivity contribution in [2.45, 2.75) is 0 Å². The van der Waals surface area contributed by atoms with E-state index in [9.17, 15) is 4.39 Å². The van der Waals surface area contributed by atoms with Crippen molar-refractivity contribution in [3.8, 4) is 0 Å². The lowest BCUT2D eigenvalue weighted by Gasteiger charge is -1.33. The summed E-state index contributed by atoms with van der Waals surface area (Å²) in [5, 5.41) is 0. The minimum Gasteiger partial charge on any atom is -0.276 e. The molecule has 0 atom stereocenters.